The van der Waals surface area contributed by atoms with Crippen molar-refractivity contribution in [3.63, 3.8) is 0 Å². The molecular formula is C13H13IN4O. The van der Waals surface area contributed by atoms with Gasteiger partial charge in [0.2, 0.25) is 5.95 Å². The van der Waals surface area contributed by atoms with Gasteiger partial charge in [0.15, 0.2) is 0 Å². The Kier molecular flexibility index (Phi) is 2.91. The van der Waals surface area contributed by atoms with E-state index in [9.17, 15) is 5.11 Å². The van der Waals surface area contributed by atoms with Gasteiger partial charge < -0.3 is 15.4 Å². The first-order chi connectivity index (χ1) is 9.08. The van der Waals surface area contributed by atoms with E-state index >= 15 is 0 Å². The van der Waals surface area contributed by atoms with Gasteiger partial charge in [-0.2, -0.15) is 5.26 Å². The van der Waals surface area contributed by atoms with Gasteiger partial charge in [0.1, 0.15) is 0 Å². The smallest absolute Gasteiger partial charge is 0.201 e. The molecule has 1 aromatic heterocycles. The Morgan fingerprint density at radius 2 is 2.26 bits per heavy atom. The van der Waals surface area contributed by atoms with E-state index in [2.05, 4.69) is 33.6 Å². The van der Waals surface area contributed by atoms with E-state index in [1.54, 1.807) is 6.07 Å². The van der Waals surface area contributed by atoms with Gasteiger partial charge in [0.05, 0.1) is 29.3 Å². The van der Waals surface area contributed by atoms with Crippen molar-refractivity contribution in [1.29, 1.82) is 5.26 Å². The van der Waals surface area contributed by atoms with Crippen LogP contribution in [0, 0.1) is 20.3 Å². The molecule has 0 radical (unpaired) electrons. The van der Waals surface area contributed by atoms with Gasteiger partial charge >= 0.3 is 0 Å². The van der Waals surface area contributed by atoms with Crippen LogP contribution in [0.1, 0.15) is 18.4 Å². The molecule has 6 heteroatoms. The van der Waals surface area contributed by atoms with Gasteiger partial charge in [-0.25, -0.2) is 4.98 Å². The number of imidazole rings is 1. The first-order valence-corrected chi connectivity index (χ1v) is 7.13. The second-order valence-corrected chi connectivity index (χ2v) is 6.31. The third kappa shape index (κ3) is 2.07. The summed E-state index contributed by atoms with van der Waals surface area (Å²) in [5.41, 5.74) is 8.25. The average molecular weight is 368 g/mol. The van der Waals surface area contributed by atoms with Crippen LogP contribution in [0.3, 0.4) is 0 Å². The fourth-order valence-electron chi connectivity index (χ4n) is 2.34. The molecule has 5 nitrogen and oxygen atoms in total. The molecule has 0 bridgehead atoms. The minimum absolute atomic E-state index is 0.0290. The lowest BCUT2D eigenvalue weighted by molar-refractivity contribution is 0.196. The van der Waals surface area contributed by atoms with Crippen molar-refractivity contribution in [2.45, 2.75) is 19.4 Å². The molecule has 1 heterocycles. The van der Waals surface area contributed by atoms with Crippen molar-refractivity contribution in [3.05, 3.63) is 21.3 Å². The number of nitrogen functional groups attached to an aromatic ring is 1. The zero-order valence-corrected chi connectivity index (χ0v) is 12.4. The predicted octanol–water partition coefficient (Wildman–Crippen LogP) is 1.87. The van der Waals surface area contributed by atoms with Crippen LogP contribution in [0.5, 0.6) is 0 Å². The fourth-order valence-corrected chi connectivity index (χ4v) is 3.24. The number of fused-ring (bicyclic) bond motifs is 1. The highest BCUT2D eigenvalue weighted by Crippen LogP contribution is 2.47. The minimum atomic E-state index is -0.0290. The van der Waals surface area contributed by atoms with E-state index in [1.165, 1.54) is 0 Å². The second kappa shape index (κ2) is 4.35. The van der Waals surface area contributed by atoms with Crippen molar-refractivity contribution < 1.29 is 5.11 Å². The summed E-state index contributed by atoms with van der Waals surface area (Å²) in [6, 6.07) is 5.71. The van der Waals surface area contributed by atoms with Crippen LogP contribution in [-0.4, -0.2) is 21.3 Å². The lowest BCUT2D eigenvalue weighted by atomic mass is 10.1. The Balaban J connectivity index is 2.14. The molecule has 0 unspecified atom stereocenters. The minimum Gasteiger partial charge on any atom is -0.396 e. The van der Waals surface area contributed by atoms with Gasteiger partial charge in [0, 0.05) is 15.5 Å². The van der Waals surface area contributed by atoms with Gasteiger partial charge in [0.25, 0.3) is 0 Å². The van der Waals surface area contributed by atoms with Crippen molar-refractivity contribution >= 4 is 39.6 Å². The maximum absolute atomic E-state index is 9.45. The van der Waals surface area contributed by atoms with Crippen LogP contribution in [-0.2, 0) is 6.54 Å². The number of aromatic nitrogens is 2. The standard InChI is InChI=1S/C13H13IN4O/c14-9-3-8(5-15)4-10-11(9)18(12(16)17-10)6-13(7-19)1-2-13/h3-4,19H,1-2,6-7H2,(H2,16,17). The summed E-state index contributed by atoms with van der Waals surface area (Å²) >= 11 is 2.20. The Morgan fingerprint density at radius 3 is 2.84 bits per heavy atom. The van der Waals surface area contributed by atoms with Crippen LogP contribution in [0.15, 0.2) is 12.1 Å². The Bertz CT molecular complexity index is 697. The SMILES string of the molecule is N#Cc1cc(I)c2c(c1)nc(N)n2CC1(CO)CC1. The normalized spacial score (nSPS) is 16.5. The average Bonchev–Trinajstić information content (AvgIpc) is 3.09. The first-order valence-electron chi connectivity index (χ1n) is 6.05. The summed E-state index contributed by atoms with van der Waals surface area (Å²) in [4.78, 5) is 4.33. The van der Waals surface area contributed by atoms with Crippen molar-refractivity contribution in [3.8, 4) is 6.07 Å². The molecule has 0 atom stereocenters. The van der Waals surface area contributed by atoms with E-state index in [1.807, 2.05) is 10.6 Å². The van der Waals surface area contributed by atoms with Crippen LogP contribution in [0.25, 0.3) is 11.0 Å². The van der Waals surface area contributed by atoms with Crippen molar-refractivity contribution in [2.75, 3.05) is 12.3 Å². The highest BCUT2D eigenvalue weighted by atomic mass is 127. The predicted molar refractivity (Wildman–Crippen MR) is 80.3 cm³/mol. The lowest BCUT2D eigenvalue weighted by Gasteiger charge is -2.15. The summed E-state index contributed by atoms with van der Waals surface area (Å²) in [5.74, 6) is 0.447. The molecule has 19 heavy (non-hydrogen) atoms. The molecule has 0 aliphatic heterocycles. The molecule has 1 aliphatic carbocycles. The summed E-state index contributed by atoms with van der Waals surface area (Å²) in [6.45, 7) is 0.868. The maximum Gasteiger partial charge on any atom is 0.201 e. The van der Waals surface area contributed by atoms with Crippen molar-refractivity contribution in [1.82, 2.24) is 9.55 Å². The summed E-state index contributed by atoms with van der Waals surface area (Å²) in [5, 5.41) is 18.4. The topological polar surface area (TPSA) is 87.9 Å². The number of anilines is 1. The number of nitrogens with two attached hydrogens (primary N) is 1. The third-order valence-corrected chi connectivity index (χ3v) is 4.56. The van der Waals surface area contributed by atoms with Crippen LogP contribution in [0.4, 0.5) is 5.95 Å². The van der Waals surface area contributed by atoms with Gasteiger partial charge in [-0.3, -0.25) is 0 Å². The highest BCUT2D eigenvalue weighted by Gasteiger charge is 2.43. The lowest BCUT2D eigenvalue weighted by Crippen LogP contribution is -2.17. The third-order valence-electron chi connectivity index (χ3n) is 3.74. The maximum atomic E-state index is 9.45. The molecule has 1 aromatic carbocycles. The quantitative estimate of drug-likeness (QED) is 0.810. The van der Waals surface area contributed by atoms with Crippen LogP contribution in [0.2, 0.25) is 0 Å². The molecule has 3 rings (SSSR count). The molecule has 2 aromatic rings. The molecule has 98 valence electrons. The molecule has 1 fully saturated rings. The highest BCUT2D eigenvalue weighted by molar-refractivity contribution is 14.1. The number of rotatable bonds is 3. The molecule has 0 saturated heterocycles. The van der Waals surface area contributed by atoms with E-state index in [4.69, 9.17) is 11.0 Å². The molecular weight excluding hydrogens is 355 g/mol. The van der Waals surface area contributed by atoms with E-state index in [0.717, 1.165) is 27.4 Å². The number of halogens is 1. The van der Waals surface area contributed by atoms with Gasteiger partial charge in [-0.15, -0.1) is 0 Å². The summed E-state index contributed by atoms with van der Waals surface area (Å²) in [6.07, 6.45) is 2.05. The number of hydrogen-bond acceptors (Lipinski definition) is 4. The molecule has 1 aliphatic rings. The molecule has 1 saturated carbocycles. The summed E-state index contributed by atoms with van der Waals surface area (Å²) < 4.78 is 2.92. The second-order valence-electron chi connectivity index (χ2n) is 5.15. The molecule has 0 amide bonds. The van der Waals surface area contributed by atoms with Gasteiger partial charge in [-0.05, 0) is 47.6 Å². The van der Waals surface area contributed by atoms with Crippen molar-refractivity contribution in [2.24, 2.45) is 5.41 Å². The number of benzene rings is 1. The molecule has 3 N–H and O–H groups in total. The van der Waals surface area contributed by atoms with E-state index in [0.29, 0.717) is 18.1 Å². The number of nitriles is 1. The fraction of sp³-hybridized carbons (Fsp3) is 0.385. The Morgan fingerprint density at radius 1 is 1.53 bits per heavy atom. The van der Waals surface area contributed by atoms with Crippen LogP contribution < -0.4 is 5.73 Å². The Labute approximate surface area is 124 Å². The van der Waals surface area contributed by atoms with Gasteiger partial charge in [-0.1, -0.05) is 0 Å². The number of aliphatic hydroxyl groups is 1. The largest absolute Gasteiger partial charge is 0.396 e. The number of aliphatic hydroxyl groups excluding tert-OH is 1. The van der Waals surface area contributed by atoms with Crippen LogP contribution >= 0.6 is 22.6 Å². The number of nitrogens with zero attached hydrogens (tertiary/aromatic N) is 3. The zero-order chi connectivity index (χ0) is 13.6. The monoisotopic (exact) mass is 368 g/mol. The Hall–Kier alpha value is -1.33. The van der Waals surface area contributed by atoms with E-state index in [-0.39, 0.29) is 12.0 Å². The zero-order valence-electron chi connectivity index (χ0n) is 10.2. The number of hydrogen-bond donors (Lipinski definition) is 2. The van der Waals surface area contributed by atoms with E-state index < -0.39 is 0 Å². The molecule has 0 spiro atoms. The summed E-state index contributed by atoms with van der Waals surface area (Å²) in [7, 11) is 0. The first kappa shape index (κ1) is 12.7.